The predicted octanol–water partition coefficient (Wildman–Crippen LogP) is 25.3. The highest BCUT2D eigenvalue weighted by Gasteiger charge is 2.23. The third kappa shape index (κ3) is 12.5. The van der Waals surface area contributed by atoms with Gasteiger partial charge in [-0.3, -0.25) is 0 Å². The largest absolute Gasteiger partial charge is 0.392 e. The van der Waals surface area contributed by atoms with Gasteiger partial charge in [0.1, 0.15) is 0 Å². The summed E-state index contributed by atoms with van der Waals surface area (Å²) >= 11 is 0. The number of hydrogen-bond donors (Lipinski definition) is 1. The first-order valence-corrected chi connectivity index (χ1v) is 34.9. The van der Waals surface area contributed by atoms with E-state index in [2.05, 4.69) is 399 Å². The van der Waals surface area contributed by atoms with Gasteiger partial charge in [-0.05, 0) is 228 Å². The van der Waals surface area contributed by atoms with Crippen molar-refractivity contribution in [2.75, 3.05) is 19.6 Å². The highest BCUT2D eigenvalue weighted by molar-refractivity contribution is 6.12. The van der Waals surface area contributed by atoms with Crippen molar-refractivity contribution in [1.29, 1.82) is 0 Å². The number of ether oxygens (including phenoxy) is 1. The number of fused-ring (bicyclic) bond motifs is 6. The number of aromatic nitrogens is 2. The Hall–Kier alpha value is -13.2. The maximum atomic E-state index is 9.83. The molecule has 0 atom stereocenters. The van der Waals surface area contributed by atoms with Crippen molar-refractivity contribution in [2.45, 2.75) is 19.8 Å². The van der Waals surface area contributed by atoms with Gasteiger partial charge in [-0.15, -0.1) is 0 Å². The fraction of sp³-hybridized carbons (Fsp3) is 0.0316. The van der Waals surface area contributed by atoms with Crippen LogP contribution in [0.4, 0.5) is 68.2 Å². The zero-order valence-corrected chi connectivity index (χ0v) is 56.7. The average Bonchev–Trinajstić information content (AvgIpc) is 1.60. The van der Waals surface area contributed by atoms with E-state index in [1.54, 1.807) is 0 Å². The summed E-state index contributed by atoms with van der Waals surface area (Å²) in [6.45, 7) is 4.96. The van der Waals surface area contributed by atoms with Crippen molar-refractivity contribution in [1.82, 2.24) is 9.13 Å². The summed E-state index contributed by atoms with van der Waals surface area (Å²) in [5, 5.41) is 14.5. The molecule has 0 unspecified atom stereocenters. The van der Waals surface area contributed by atoms with E-state index >= 15 is 0 Å². The number of para-hydroxylation sites is 6. The molecule has 0 aliphatic carbocycles. The van der Waals surface area contributed by atoms with Gasteiger partial charge in [0.25, 0.3) is 0 Å². The fourth-order valence-corrected chi connectivity index (χ4v) is 14.5. The first-order chi connectivity index (χ1) is 51.0. The van der Waals surface area contributed by atoms with Gasteiger partial charge in [-0.1, -0.05) is 195 Å². The van der Waals surface area contributed by atoms with Crippen LogP contribution in [-0.4, -0.2) is 14.2 Å². The van der Waals surface area contributed by atoms with Crippen molar-refractivity contribution in [3.63, 3.8) is 0 Å². The molecule has 15 aromatic carbocycles. The minimum absolute atomic E-state index is 0.00813. The van der Waals surface area contributed by atoms with Crippen molar-refractivity contribution in [2.24, 2.45) is 0 Å². The SMILES string of the molecule is C=Cc1ccc(COCc2ccc(-n3c4ccccc4c4cc(N(c5ccccc5)c5ccc(N(c6ccccc6)c6ccc(-c7ccc(N(c8ccccc8)c8ccc(N(c9ccccc9)c9ccc%10c(c9)c9ccccc9n%10-c9ccc(CO)cc9)cc8)cc7)cc6)cc5)ccc43)cc2)cc1. The Morgan fingerprint density at radius 3 is 0.874 bits per heavy atom. The van der Waals surface area contributed by atoms with E-state index in [1.165, 1.54) is 16.2 Å². The number of anilines is 12. The fourth-order valence-electron chi connectivity index (χ4n) is 14.5. The Bertz CT molecular complexity index is 5790. The second kappa shape index (κ2) is 28.2. The lowest BCUT2D eigenvalue weighted by molar-refractivity contribution is 0.107. The Morgan fingerprint density at radius 1 is 0.262 bits per heavy atom. The standard InChI is InChI=1S/C95H72N6O2/c1-2-68-31-33-70(34-32-68)66-103-67-71-37-45-85(46-38-71)101-93-30-18-16-28-89(93)91-64-87(60-62-95(91)101)99(77-25-13-6-14-26-77)83-57-53-81(54-58-83)97(75-21-9-4-10-22-75)79-49-41-73(42-50-79)72-39-47-78(48-40-72)96(74-19-7-3-8-20-74)80-51-55-82(56-52-80)98(76-23-11-5-12-24-76)86-59-61-94-90(63-86)88-27-15-17-29-92(88)100(94)84-43-35-69(65-102)36-44-84/h2-64,102H,1,65-67H2. The molecule has 1 N–H and O–H groups in total. The molecular weight excluding hydrogens is 1260 g/mol. The van der Waals surface area contributed by atoms with Crippen LogP contribution in [0.25, 0.3) is 72.2 Å². The Labute approximate surface area is 600 Å². The van der Waals surface area contributed by atoms with E-state index in [1.807, 2.05) is 18.2 Å². The van der Waals surface area contributed by atoms with Gasteiger partial charge in [0.2, 0.25) is 0 Å². The highest BCUT2D eigenvalue weighted by Crippen LogP contribution is 2.45. The molecule has 103 heavy (non-hydrogen) atoms. The first kappa shape index (κ1) is 63.2. The lowest BCUT2D eigenvalue weighted by Crippen LogP contribution is -2.12. The summed E-state index contributed by atoms with van der Waals surface area (Å²) in [6, 6.07) is 134. The monoisotopic (exact) mass is 1330 g/mol. The molecule has 8 nitrogen and oxygen atoms in total. The second-order valence-corrected chi connectivity index (χ2v) is 25.8. The number of hydrogen-bond acceptors (Lipinski definition) is 6. The van der Waals surface area contributed by atoms with Gasteiger partial charge in [0, 0.05) is 101 Å². The van der Waals surface area contributed by atoms with Crippen molar-refractivity contribution >= 4 is 118 Å². The average molecular weight is 1330 g/mol. The summed E-state index contributed by atoms with van der Waals surface area (Å²) < 4.78 is 10.8. The molecule has 8 heteroatoms. The van der Waals surface area contributed by atoms with Crippen LogP contribution in [0.15, 0.2) is 383 Å². The van der Waals surface area contributed by atoms with E-state index in [4.69, 9.17) is 4.74 Å². The molecule has 0 spiro atoms. The lowest BCUT2D eigenvalue weighted by atomic mass is 10.0. The van der Waals surface area contributed by atoms with Gasteiger partial charge in [-0.25, -0.2) is 0 Å². The van der Waals surface area contributed by atoms with E-state index in [9.17, 15) is 5.11 Å². The molecule has 2 heterocycles. The summed E-state index contributed by atoms with van der Waals surface area (Å²) in [5.41, 5.74) is 25.8. The minimum Gasteiger partial charge on any atom is -0.392 e. The Morgan fingerprint density at radius 2 is 0.534 bits per heavy atom. The molecule has 0 bridgehead atoms. The second-order valence-electron chi connectivity index (χ2n) is 25.8. The zero-order chi connectivity index (χ0) is 69.0. The summed E-state index contributed by atoms with van der Waals surface area (Å²) in [7, 11) is 0. The van der Waals surface area contributed by atoms with Gasteiger partial charge in [0.15, 0.2) is 0 Å². The van der Waals surface area contributed by atoms with Gasteiger partial charge in [-0.2, -0.15) is 0 Å². The molecule has 0 radical (unpaired) electrons. The van der Waals surface area contributed by atoms with Crippen molar-refractivity contribution in [3.8, 4) is 22.5 Å². The van der Waals surface area contributed by atoms with Gasteiger partial charge >= 0.3 is 0 Å². The van der Waals surface area contributed by atoms with E-state index in [-0.39, 0.29) is 6.61 Å². The minimum atomic E-state index is 0.00813. The van der Waals surface area contributed by atoms with E-state index in [0.717, 1.165) is 140 Å². The first-order valence-electron chi connectivity index (χ1n) is 34.9. The summed E-state index contributed by atoms with van der Waals surface area (Å²) in [4.78, 5) is 9.34. The predicted molar refractivity (Wildman–Crippen MR) is 430 cm³/mol. The molecule has 0 aliphatic rings. The molecule has 0 aliphatic heterocycles. The smallest absolute Gasteiger partial charge is 0.0721 e. The maximum absolute atomic E-state index is 9.83. The van der Waals surface area contributed by atoms with Crippen LogP contribution < -0.4 is 19.6 Å². The quantitative estimate of drug-likeness (QED) is 0.0774. The maximum Gasteiger partial charge on any atom is 0.0721 e. The summed E-state index contributed by atoms with van der Waals surface area (Å²) in [5.74, 6) is 0. The number of rotatable bonds is 21. The molecule has 17 aromatic rings. The number of aliphatic hydroxyl groups is 1. The van der Waals surface area contributed by atoms with Crippen LogP contribution in [-0.2, 0) is 24.6 Å². The van der Waals surface area contributed by atoms with Crippen LogP contribution >= 0.6 is 0 Å². The van der Waals surface area contributed by atoms with E-state index < -0.39 is 0 Å². The molecule has 0 amide bonds. The van der Waals surface area contributed by atoms with Crippen molar-refractivity contribution in [3.05, 3.63) is 405 Å². The third-order valence-corrected chi connectivity index (χ3v) is 19.5. The third-order valence-electron chi connectivity index (χ3n) is 19.5. The lowest BCUT2D eigenvalue weighted by Gasteiger charge is -2.29. The van der Waals surface area contributed by atoms with Gasteiger partial charge in [0.05, 0.1) is 41.9 Å². The van der Waals surface area contributed by atoms with Crippen LogP contribution in [0.3, 0.4) is 0 Å². The molecule has 17 rings (SSSR count). The summed E-state index contributed by atoms with van der Waals surface area (Å²) in [6.07, 6.45) is 1.86. The van der Waals surface area contributed by atoms with Crippen LogP contribution in [0.5, 0.6) is 0 Å². The molecule has 0 fully saturated rings. The molecule has 494 valence electrons. The normalized spacial score (nSPS) is 11.3. The zero-order valence-electron chi connectivity index (χ0n) is 56.7. The van der Waals surface area contributed by atoms with Crippen LogP contribution in [0, 0.1) is 0 Å². The topological polar surface area (TPSA) is 52.3 Å². The van der Waals surface area contributed by atoms with Crippen molar-refractivity contribution < 1.29 is 9.84 Å². The molecule has 0 saturated carbocycles. The highest BCUT2D eigenvalue weighted by atomic mass is 16.5. The molecule has 0 saturated heterocycles. The van der Waals surface area contributed by atoms with Crippen LogP contribution in [0.1, 0.15) is 22.3 Å². The Kier molecular flexibility index (Phi) is 17.3. The van der Waals surface area contributed by atoms with Gasteiger partial charge < -0.3 is 38.6 Å². The van der Waals surface area contributed by atoms with E-state index in [0.29, 0.717) is 13.2 Å². The van der Waals surface area contributed by atoms with Crippen LogP contribution in [0.2, 0.25) is 0 Å². The molecular formula is C95H72N6O2. The Balaban J connectivity index is 0.640. The number of benzene rings is 15. The number of nitrogens with zero attached hydrogens (tertiary/aromatic N) is 6. The number of aliphatic hydroxyl groups excluding tert-OH is 1. The molecule has 2 aromatic heterocycles.